The zero-order chi connectivity index (χ0) is 13.5. The Morgan fingerprint density at radius 1 is 1.11 bits per heavy atom. The number of allylic oxidation sites excluding steroid dienone is 4. The molecule has 1 aromatic carbocycles. The fourth-order valence-electron chi connectivity index (χ4n) is 2.84. The summed E-state index contributed by atoms with van der Waals surface area (Å²) in [5.74, 6) is 0.425. The summed E-state index contributed by atoms with van der Waals surface area (Å²) in [6.45, 7) is 10.2. The molecule has 1 N–H and O–H groups in total. The molecule has 2 rings (SSSR count). The van der Waals surface area contributed by atoms with Crippen molar-refractivity contribution in [1.29, 1.82) is 0 Å². The molecule has 96 valence electrons. The maximum atomic E-state index is 10.3. The highest BCUT2D eigenvalue weighted by Crippen LogP contribution is 2.40. The molecule has 1 aliphatic carbocycles. The Bertz CT molecular complexity index is 527. The van der Waals surface area contributed by atoms with E-state index in [1.165, 1.54) is 22.3 Å². The Labute approximate surface area is 110 Å². The molecule has 0 amide bonds. The molecule has 0 fully saturated rings. The first-order chi connectivity index (χ1) is 8.32. The van der Waals surface area contributed by atoms with Crippen molar-refractivity contribution in [2.75, 3.05) is 0 Å². The first-order valence-corrected chi connectivity index (χ1v) is 6.54. The molecule has 1 atom stereocenters. The second kappa shape index (κ2) is 4.40. The molecule has 0 aromatic heterocycles. The lowest BCUT2D eigenvalue weighted by Gasteiger charge is -2.24. The molecule has 0 radical (unpaired) electrons. The van der Waals surface area contributed by atoms with Crippen LogP contribution in [-0.2, 0) is 5.60 Å². The molecule has 0 saturated heterocycles. The first-order valence-electron chi connectivity index (χ1n) is 6.54. The Morgan fingerprint density at radius 3 is 2.22 bits per heavy atom. The number of rotatable bonds is 2. The van der Waals surface area contributed by atoms with Crippen molar-refractivity contribution in [3.8, 4) is 0 Å². The van der Waals surface area contributed by atoms with Crippen LogP contribution in [-0.4, -0.2) is 5.11 Å². The average Bonchev–Trinajstić information content (AvgIpc) is 2.52. The predicted molar refractivity (Wildman–Crippen MR) is 77.2 cm³/mol. The van der Waals surface area contributed by atoms with Gasteiger partial charge in [0.05, 0.1) is 5.60 Å². The van der Waals surface area contributed by atoms with E-state index in [1.807, 2.05) is 32.0 Å². The van der Waals surface area contributed by atoms with Gasteiger partial charge in [0.25, 0.3) is 0 Å². The van der Waals surface area contributed by atoms with E-state index in [0.29, 0.717) is 5.92 Å². The second-order valence-corrected chi connectivity index (χ2v) is 5.78. The lowest BCUT2D eigenvalue weighted by atomic mass is 9.85. The van der Waals surface area contributed by atoms with E-state index < -0.39 is 5.60 Å². The van der Waals surface area contributed by atoms with Gasteiger partial charge in [-0.25, -0.2) is 0 Å². The third-order valence-corrected chi connectivity index (χ3v) is 3.83. The van der Waals surface area contributed by atoms with Crippen molar-refractivity contribution in [1.82, 2.24) is 0 Å². The van der Waals surface area contributed by atoms with Crippen molar-refractivity contribution in [3.63, 3.8) is 0 Å². The van der Waals surface area contributed by atoms with Crippen LogP contribution in [0.15, 0.2) is 41.5 Å². The van der Waals surface area contributed by atoms with E-state index in [1.54, 1.807) is 0 Å². The molecule has 0 spiro atoms. The van der Waals surface area contributed by atoms with Gasteiger partial charge in [-0.3, -0.25) is 0 Å². The molecule has 1 aliphatic rings. The van der Waals surface area contributed by atoms with Crippen LogP contribution in [0, 0.1) is 5.92 Å². The number of hydrogen-bond donors (Lipinski definition) is 1. The standard InChI is InChI=1S/C17H22O/c1-11-10-12(2)16(13(11)3)14-8-6-7-9-15(14)17(4,5)18/h6-10,12,18H,1-5H3. The molecular weight excluding hydrogens is 220 g/mol. The first kappa shape index (κ1) is 13.1. The minimum absolute atomic E-state index is 0.425. The maximum absolute atomic E-state index is 10.3. The van der Waals surface area contributed by atoms with Crippen molar-refractivity contribution in [3.05, 3.63) is 52.6 Å². The molecule has 0 heterocycles. The minimum Gasteiger partial charge on any atom is -0.386 e. The van der Waals surface area contributed by atoms with Crippen LogP contribution in [0.4, 0.5) is 0 Å². The highest BCUT2D eigenvalue weighted by Gasteiger charge is 2.26. The smallest absolute Gasteiger partial charge is 0.0846 e. The molecule has 1 unspecified atom stereocenters. The molecule has 0 bridgehead atoms. The summed E-state index contributed by atoms with van der Waals surface area (Å²) in [6.07, 6.45) is 2.30. The van der Waals surface area contributed by atoms with Crippen LogP contribution in [0.3, 0.4) is 0 Å². The number of aliphatic hydroxyl groups is 1. The Balaban J connectivity index is 2.61. The van der Waals surface area contributed by atoms with Gasteiger partial charge in [-0.05, 0) is 50.0 Å². The quantitative estimate of drug-likeness (QED) is 0.820. The highest BCUT2D eigenvalue weighted by molar-refractivity contribution is 5.80. The van der Waals surface area contributed by atoms with E-state index in [9.17, 15) is 5.11 Å². The number of hydrogen-bond acceptors (Lipinski definition) is 1. The third kappa shape index (κ3) is 2.15. The molecule has 1 nitrogen and oxygen atoms in total. The van der Waals surface area contributed by atoms with Gasteiger partial charge >= 0.3 is 0 Å². The van der Waals surface area contributed by atoms with Crippen LogP contribution >= 0.6 is 0 Å². The normalized spacial score (nSPS) is 20.3. The van der Waals surface area contributed by atoms with Crippen LogP contribution in [0.25, 0.3) is 5.57 Å². The summed E-state index contributed by atoms with van der Waals surface area (Å²) in [5.41, 5.74) is 5.44. The van der Waals surface area contributed by atoms with E-state index >= 15 is 0 Å². The van der Waals surface area contributed by atoms with Crippen LogP contribution < -0.4 is 0 Å². The van der Waals surface area contributed by atoms with Crippen LogP contribution in [0.2, 0.25) is 0 Å². The predicted octanol–water partition coefficient (Wildman–Crippen LogP) is 4.28. The lowest BCUT2D eigenvalue weighted by molar-refractivity contribution is 0.0783. The van der Waals surface area contributed by atoms with Gasteiger partial charge in [-0.2, -0.15) is 0 Å². The molecule has 0 saturated carbocycles. The van der Waals surface area contributed by atoms with E-state index in [0.717, 1.165) is 5.56 Å². The van der Waals surface area contributed by atoms with Crippen molar-refractivity contribution in [2.45, 2.75) is 40.2 Å². The van der Waals surface area contributed by atoms with Gasteiger partial charge in [-0.15, -0.1) is 0 Å². The summed E-state index contributed by atoms with van der Waals surface area (Å²) in [6, 6.07) is 8.18. The zero-order valence-corrected chi connectivity index (χ0v) is 11.9. The Hall–Kier alpha value is -1.34. The third-order valence-electron chi connectivity index (χ3n) is 3.83. The Kier molecular flexibility index (Phi) is 3.20. The fraction of sp³-hybridized carbons (Fsp3) is 0.412. The summed E-state index contributed by atoms with van der Waals surface area (Å²) >= 11 is 0. The zero-order valence-electron chi connectivity index (χ0n) is 11.9. The molecule has 1 aromatic rings. The average molecular weight is 242 g/mol. The maximum Gasteiger partial charge on any atom is 0.0846 e. The molecule has 0 aliphatic heterocycles. The lowest BCUT2D eigenvalue weighted by Crippen LogP contribution is -2.18. The van der Waals surface area contributed by atoms with Gasteiger partial charge < -0.3 is 5.11 Å². The van der Waals surface area contributed by atoms with Gasteiger partial charge in [0.1, 0.15) is 0 Å². The minimum atomic E-state index is -0.805. The van der Waals surface area contributed by atoms with Gasteiger partial charge in [-0.1, -0.05) is 42.8 Å². The van der Waals surface area contributed by atoms with E-state index in [2.05, 4.69) is 32.9 Å². The summed E-state index contributed by atoms with van der Waals surface area (Å²) in [5, 5.41) is 10.3. The fourth-order valence-corrected chi connectivity index (χ4v) is 2.84. The van der Waals surface area contributed by atoms with Crippen molar-refractivity contribution in [2.24, 2.45) is 5.92 Å². The summed E-state index contributed by atoms with van der Waals surface area (Å²) in [4.78, 5) is 0. The van der Waals surface area contributed by atoms with E-state index in [-0.39, 0.29) is 0 Å². The SMILES string of the molecule is CC1=CC(C)C(c2ccccc2C(C)(C)O)=C1C. The van der Waals surface area contributed by atoms with Gasteiger partial charge in [0.15, 0.2) is 0 Å². The van der Waals surface area contributed by atoms with Crippen LogP contribution in [0.1, 0.15) is 45.7 Å². The van der Waals surface area contributed by atoms with Gasteiger partial charge in [0, 0.05) is 5.92 Å². The van der Waals surface area contributed by atoms with Crippen LogP contribution in [0.5, 0.6) is 0 Å². The highest BCUT2D eigenvalue weighted by atomic mass is 16.3. The monoisotopic (exact) mass is 242 g/mol. The molecule has 1 heteroatoms. The summed E-state index contributed by atoms with van der Waals surface area (Å²) in [7, 11) is 0. The molecule has 18 heavy (non-hydrogen) atoms. The van der Waals surface area contributed by atoms with Crippen molar-refractivity contribution >= 4 is 5.57 Å². The number of benzene rings is 1. The summed E-state index contributed by atoms with van der Waals surface area (Å²) < 4.78 is 0. The topological polar surface area (TPSA) is 20.2 Å². The molecular formula is C17H22O. The second-order valence-electron chi connectivity index (χ2n) is 5.78. The van der Waals surface area contributed by atoms with E-state index in [4.69, 9.17) is 0 Å². The van der Waals surface area contributed by atoms with Crippen molar-refractivity contribution < 1.29 is 5.11 Å². The van der Waals surface area contributed by atoms with Gasteiger partial charge in [0.2, 0.25) is 0 Å². The Morgan fingerprint density at radius 2 is 1.72 bits per heavy atom. The largest absolute Gasteiger partial charge is 0.386 e.